The quantitative estimate of drug-likeness (QED) is 0.865. The van der Waals surface area contributed by atoms with Gasteiger partial charge in [-0.3, -0.25) is 4.79 Å². The molecule has 1 atom stereocenters. The number of amides is 2. The molecule has 142 valence electrons. The zero-order chi connectivity index (χ0) is 18.7. The van der Waals surface area contributed by atoms with E-state index < -0.39 is 5.97 Å². The van der Waals surface area contributed by atoms with Gasteiger partial charge in [0.2, 0.25) is 0 Å². The lowest BCUT2D eigenvalue weighted by Gasteiger charge is -2.35. The number of pyridine rings is 1. The monoisotopic (exact) mass is 360 g/mol. The highest BCUT2D eigenvalue weighted by Gasteiger charge is 2.27. The number of hydrogen-bond acceptors (Lipinski definition) is 4. The molecule has 3 rings (SSSR count). The van der Waals surface area contributed by atoms with Crippen molar-refractivity contribution in [3.8, 4) is 0 Å². The molecule has 2 aliphatic rings. The van der Waals surface area contributed by atoms with Crippen molar-refractivity contribution in [1.82, 2.24) is 9.88 Å². The molecule has 7 nitrogen and oxygen atoms in total. The second-order valence-electron chi connectivity index (χ2n) is 7.43. The highest BCUT2D eigenvalue weighted by atomic mass is 16.4. The van der Waals surface area contributed by atoms with Gasteiger partial charge in [-0.2, -0.15) is 0 Å². The second-order valence-corrected chi connectivity index (χ2v) is 7.43. The molecule has 2 N–H and O–H groups in total. The average Bonchev–Trinajstić information content (AvgIpc) is 2.63. The summed E-state index contributed by atoms with van der Waals surface area (Å²) >= 11 is 0. The number of aryl methyl sites for hydroxylation is 1. The molecule has 7 heteroatoms. The fraction of sp³-hybridized carbons (Fsp3) is 0.632. The number of carboxylic acid groups (broad SMARTS) is 1. The minimum atomic E-state index is -0.771. The number of rotatable bonds is 3. The molecule has 2 aliphatic heterocycles. The van der Waals surface area contributed by atoms with Crippen LogP contribution in [0.15, 0.2) is 12.3 Å². The minimum Gasteiger partial charge on any atom is -0.481 e. The van der Waals surface area contributed by atoms with Crippen molar-refractivity contribution in [2.24, 2.45) is 5.92 Å². The summed E-state index contributed by atoms with van der Waals surface area (Å²) in [5, 5.41) is 11.9. The van der Waals surface area contributed by atoms with E-state index in [1.54, 1.807) is 11.1 Å². The Kier molecular flexibility index (Phi) is 5.64. The Hall–Kier alpha value is -2.31. The molecule has 0 spiro atoms. The molecule has 26 heavy (non-hydrogen) atoms. The van der Waals surface area contributed by atoms with Crippen LogP contribution in [0.3, 0.4) is 0 Å². The first-order chi connectivity index (χ1) is 12.5. The van der Waals surface area contributed by atoms with E-state index in [0.717, 1.165) is 17.9 Å². The van der Waals surface area contributed by atoms with Crippen LogP contribution in [0.1, 0.15) is 44.6 Å². The largest absolute Gasteiger partial charge is 0.481 e. The zero-order valence-corrected chi connectivity index (χ0v) is 15.6. The topological polar surface area (TPSA) is 85.8 Å². The first kappa shape index (κ1) is 18.5. The van der Waals surface area contributed by atoms with Crippen molar-refractivity contribution in [3.05, 3.63) is 17.8 Å². The maximum absolute atomic E-state index is 12.4. The molecule has 2 fully saturated rings. The Balaban J connectivity index is 1.61. The van der Waals surface area contributed by atoms with Crippen molar-refractivity contribution in [2.45, 2.75) is 52.0 Å². The van der Waals surface area contributed by atoms with Crippen molar-refractivity contribution in [3.63, 3.8) is 0 Å². The summed E-state index contributed by atoms with van der Waals surface area (Å²) < 4.78 is 0. The highest BCUT2D eigenvalue weighted by molar-refractivity contribution is 5.89. The molecule has 1 unspecified atom stereocenters. The van der Waals surface area contributed by atoms with Gasteiger partial charge < -0.3 is 20.2 Å². The van der Waals surface area contributed by atoms with E-state index in [0.29, 0.717) is 37.7 Å². The molecule has 3 heterocycles. The highest BCUT2D eigenvalue weighted by Crippen LogP contribution is 2.27. The van der Waals surface area contributed by atoms with Gasteiger partial charge in [-0.25, -0.2) is 9.78 Å². The van der Waals surface area contributed by atoms with Crippen LogP contribution in [-0.2, 0) is 4.79 Å². The van der Waals surface area contributed by atoms with E-state index in [4.69, 9.17) is 5.11 Å². The van der Waals surface area contributed by atoms with E-state index in [-0.39, 0.29) is 11.9 Å². The van der Waals surface area contributed by atoms with Crippen molar-refractivity contribution < 1.29 is 14.7 Å². The summed E-state index contributed by atoms with van der Waals surface area (Å²) in [6.07, 6.45) is 6.37. The van der Waals surface area contributed by atoms with Crippen molar-refractivity contribution >= 4 is 23.5 Å². The molecular weight excluding hydrogens is 332 g/mol. The van der Waals surface area contributed by atoms with Crippen LogP contribution < -0.4 is 10.2 Å². The van der Waals surface area contributed by atoms with Crippen LogP contribution in [-0.4, -0.2) is 52.7 Å². The van der Waals surface area contributed by atoms with Crippen LogP contribution in [0.25, 0.3) is 0 Å². The molecule has 1 aromatic rings. The lowest BCUT2D eigenvalue weighted by atomic mass is 9.97. The summed E-state index contributed by atoms with van der Waals surface area (Å²) in [7, 11) is 0. The number of urea groups is 1. The van der Waals surface area contributed by atoms with Gasteiger partial charge in [-0.1, -0.05) is 0 Å². The van der Waals surface area contributed by atoms with Crippen molar-refractivity contribution in [1.29, 1.82) is 0 Å². The normalized spacial score (nSPS) is 21.5. The summed E-state index contributed by atoms with van der Waals surface area (Å²) in [6, 6.07) is 2.27. The number of aliphatic carboxylic acids is 1. The van der Waals surface area contributed by atoms with Crippen LogP contribution in [0.2, 0.25) is 0 Å². The summed E-state index contributed by atoms with van der Waals surface area (Å²) in [6.45, 7) is 6.23. The number of nitrogens with one attached hydrogen (secondary N) is 1. The molecule has 2 saturated heterocycles. The fourth-order valence-corrected chi connectivity index (χ4v) is 3.88. The number of carbonyl (C=O) groups is 2. The Bertz CT molecular complexity index is 671. The number of piperidine rings is 2. The molecule has 0 aliphatic carbocycles. The summed E-state index contributed by atoms with van der Waals surface area (Å²) in [5.41, 5.74) is 1.74. The predicted molar refractivity (Wildman–Crippen MR) is 101 cm³/mol. The molecule has 1 aromatic heterocycles. The maximum atomic E-state index is 12.4. The third-order valence-electron chi connectivity index (χ3n) is 5.51. The molecule has 2 amide bonds. The number of anilines is 2. The minimum absolute atomic E-state index is 0.186. The number of nitrogens with zero attached hydrogens (tertiary/aromatic N) is 3. The Morgan fingerprint density at radius 1 is 1.19 bits per heavy atom. The zero-order valence-electron chi connectivity index (χ0n) is 15.6. The van der Waals surface area contributed by atoms with Gasteiger partial charge in [0.25, 0.3) is 0 Å². The Morgan fingerprint density at radius 2 is 1.92 bits per heavy atom. The third-order valence-corrected chi connectivity index (χ3v) is 5.51. The summed E-state index contributed by atoms with van der Waals surface area (Å²) in [4.78, 5) is 32.1. The van der Waals surface area contributed by atoms with E-state index in [2.05, 4.69) is 22.1 Å². The maximum Gasteiger partial charge on any atom is 0.321 e. The Labute approximate surface area is 154 Å². The second kappa shape index (κ2) is 7.93. The number of carbonyl (C=O) groups excluding carboxylic acids is 1. The molecule has 0 bridgehead atoms. The van der Waals surface area contributed by atoms with E-state index >= 15 is 0 Å². The first-order valence-electron chi connectivity index (χ1n) is 9.47. The fourth-order valence-electron chi connectivity index (χ4n) is 3.88. The van der Waals surface area contributed by atoms with Gasteiger partial charge in [0.1, 0.15) is 5.82 Å². The third kappa shape index (κ3) is 4.08. The van der Waals surface area contributed by atoms with Gasteiger partial charge in [0, 0.05) is 25.7 Å². The number of carboxylic acids is 1. The van der Waals surface area contributed by atoms with E-state index in [9.17, 15) is 9.59 Å². The number of likely N-dealkylation sites (tertiary alicyclic amines) is 1. The van der Waals surface area contributed by atoms with E-state index in [1.165, 1.54) is 19.3 Å². The number of hydrogen-bond donors (Lipinski definition) is 2. The van der Waals surface area contributed by atoms with Gasteiger partial charge in [0.05, 0.1) is 17.8 Å². The van der Waals surface area contributed by atoms with Crippen LogP contribution >= 0.6 is 0 Å². The average molecular weight is 360 g/mol. The molecule has 0 radical (unpaired) electrons. The van der Waals surface area contributed by atoms with Crippen LogP contribution in [0.5, 0.6) is 0 Å². The summed E-state index contributed by atoms with van der Waals surface area (Å²) in [5.74, 6) is -0.112. The SMILES string of the molecule is Cc1cc(NC(=O)N2CCC(C(=O)O)CC2)cnc1N1CCCCC1C. The van der Waals surface area contributed by atoms with Gasteiger partial charge >= 0.3 is 12.0 Å². The molecular formula is C19H28N4O3. The first-order valence-corrected chi connectivity index (χ1v) is 9.47. The standard InChI is InChI=1S/C19H28N4O3/c1-13-11-16(12-20-17(13)23-8-4-3-5-14(23)2)21-19(26)22-9-6-15(7-10-22)18(24)25/h11-12,14-15H,3-10H2,1-2H3,(H,21,26)(H,24,25). The molecule has 0 saturated carbocycles. The lowest BCUT2D eigenvalue weighted by molar-refractivity contribution is -0.143. The Morgan fingerprint density at radius 3 is 2.54 bits per heavy atom. The van der Waals surface area contributed by atoms with Crippen LogP contribution in [0.4, 0.5) is 16.3 Å². The van der Waals surface area contributed by atoms with Gasteiger partial charge in [-0.15, -0.1) is 0 Å². The van der Waals surface area contributed by atoms with Crippen LogP contribution in [0, 0.1) is 12.8 Å². The number of aromatic nitrogens is 1. The van der Waals surface area contributed by atoms with Crippen molar-refractivity contribution in [2.75, 3.05) is 29.9 Å². The lowest BCUT2D eigenvalue weighted by Crippen LogP contribution is -2.42. The van der Waals surface area contributed by atoms with E-state index in [1.807, 2.05) is 13.0 Å². The van der Waals surface area contributed by atoms with Gasteiger partial charge in [0.15, 0.2) is 0 Å². The van der Waals surface area contributed by atoms with Gasteiger partial charge in [-0.05, 0) is 57.6 Å². The molecule has 0 aromatic carbocycles. The smallest absolute Gasteiger partial charge is 0.321 e. The predicted octanol–water partition coefficient (Wildman–Crippen LogP) is 3.10.